The van der Waals surface area contributed by atoms with Crippen molar-refractivity contribution in [3.8, 4) is 11.5 Å². The van der Waals surface area contributed by atoms with Gasteiger partial charge >= 0.3 is 0 Å². The number of likely N-dealkylation sites (N-methyl/N-ethyl adjacent to an activating group) is 1. The lowest BCUT2D eigenvalue weighted by Crippen LogP contribution is -2.42. The zero-order valence-electron chi connectivity index (χ0n) is 16.2. The Balaban J connectivity index is 2.04. The zero-order chi connectivity index (χ0) is 19.8. The molecule has 0 saturated carbocycles. The summed E-state index contributed by atoms with van der Waals surface area (Å²) in [4.78, 5) is 14.6. The van der Waals surface area contributed by atoms with Gasteiger partial charge in [-0.3, -0.25) is 4.79 Å². The van der Waals surface area contributed by atoms with E-state index in [1.165, 1.54) is 24.3 Å². The van der Waals surface area contributed by atoms with Crippen molar-refractivity contribution in [1.82, 2.24) is 10.2 Å². The molecule has 1 N–H and O–H groups in total. The van der Waals surface area contributed by atoms with E-state index in [0.717, 1.165) is 11.3 Å². The summed E-state index contributed by atoms with van der Waals surface area (Å²) >= 11 is 0. The Kier molecular flexibility index (Phi) is 7.61. The fraction of sp³-hybridized carbons (Fsp3) is 0.381. The summed E-state index contributed by atoms with van der Waals surface area (Å²) < 4.78 is 24.2. The third-order valence-corrected chi connectivity index (χ3v) is 4.35. The molecule has 5 nitrogen and oxygen atoms in total. The molecule has 0 aliphatic heterocycles. The van der Waals surface area contributed by atoms with Crippen LogP contribution in [0.3, 0.4) is 0 Å². The van der Waals surface area contributed by atoms with E-state index in [4.69, 9.17) is 9.47 Å². The first-order valence-corrected chi connectivity index (χ1v) is 8.95. The number of halogens is 1. The fourth-order valence-electron chi connectivity index (χ4n) is 2.82. The van der Waals surface area contributed by atoms with Crippen LogP contribution in [0.2, 0.25) is 0 Å². The first-order valence-electron chi connectivity index (χ1n) is 8.95. The van der Waals surface area contributed by atoms with Crippen LogP contribution in [-0.2, 0) is 4.79 Å². The van der Waals surface area contributed by atoms with Crippen LogP contribution in [0.4, 0.5) is 4.39 Å². The molecule has 0 heterocycles. The number of hydrogen-bond acceptors (Lipinski definition) is 4. The number of rotatable bonds is 9. The van der Waals surface area contributed by atoms with E-state index in [0.29, 0.717) is 18.7 Å². The minimum Gasteiger partial charge on any atom is -0.496 e. The van der Waals surface area contributed by atoms with Gasteiger partial charge in [-0.25, -0.2) is 4.39 Å². The monoisotopic (exact) mass is 374 g/mol. The van der Waals surface area contributed by atoms with E-state index in [-0.39, 0.29) is 17.8 Å². The molecular weight excluding hydrogens is 347 g/mol. The number of benzene rings is 2. The van der Waals surface area contributed by atoms with E-state index in [1.807, 2.05) is 50.2 Å². The SMILES string of the molecule is CCC(Oc1ccc(F)cc1)C(=O)NCC(c1ccccc1OC)N(C)C. The lowest BCUT2D eigenvalue weighted by atomic mass is 10.0. The number of nitrogens with zero attached hydrogens (tertiary/aromatic N) is 1. The van der Waals surface area contributed by atoms with E-state index in [9.17, 15) is 9.18 Å². The van der Waals surface area contributed by atoms with Crippen molar-refractivity contribution >= 4 is 5.91 Å². The maximum absolute atomic E-state index is 13.0. The molecule has 0 aliphatic rings. The molecule has 2 aromatic carbocycles. The van der Waals surface area contributed by atoms with Gasteiger partial charge in [-0.05, 0) is 50.8 Å². The van der Waals surface area contributed by atoms with Crippen LogP contribution >= 0.6 is 0 Å². The Morgan fingerprint density at radius 3 is 2.41 bits per heavy atom. The van der Waals surface area contributed by atoms with Crippen LogP contribution < -0.4 is 14.8 Å². The second-order valence-electron chi connectivity index (χ2n) is 6.44. The lowest BCUT2D eigenvalue weighted by molar-refractivity contribution is -0.128. The van der Waals surface area contributed by atoms with Gasteiger partial charge in [0.05, 0.1) is 13.2 Å². The minimum atomic E-state index is -0.643. The van der Waals surface area contributed by atoms with Crippen molar-refractivity contribution in [3.05, 3.63) is 59.9 Å². The molecule has 0 fully saturated rings. The summed E-state index contributed by atoms with van der Waals surface area (Å²) in [6.07, 6.45) is -0.138. The van der Waals surface area contributed by atoms with E-state index < -0.39 is 6.10 Å². The summed E-state index contributed by atoms with van der Waals surface area (Å²) in [6.45, 7) is 2.28. The van der Waals surface area contributed by atoms with Gasteiger partial charge in [-0.15, -0.1) is 0 Å². The van der Waals surface area contributed by atoms with E-state index in [2.05, 4.69) is 5.32 Å². The number of methoxy groups -OCH3 is 1. The number of carbonyl (C=O) groups excluding carboxylic acids is 1. The number of amides is 1. The Bertz CT molecular complexity index is 734. The highest BCUT2D eigenvalue weighted by molar-refractivity contribution is 5.81. The fourth-order valence-corrected chi connectivity index (χ4v) is 2.82. The molecule has 0 radical (unpaired) electrons. The average molecular weight is 374 g/mol. The van der Waals surface area contributed by atoms with Gasteiger partial charge in [-0.1, -0.05) is 25.1 Å². The van der Waals surface area contributed by atoms with Crippen LogP contribution in [-0.4, -0.2) is 44.7 Å². The molecule has 2 aromatic rings. The van der Waals surface area contributed by atoms with Crippen LogP contribution in [0.15, 0.2) is 48.5 Å². The number of carbonyl (C=O) groups is 1. The van der Waals surface area contributed by atoms with Crippen molar-refractivity contribution < 1.29 is 18.7 Å². The summed E-state index contributed by atoms with van der Waals surface area (Å²) in [5, 5.41) is 2.96. The van der Waals surface area contributed by atoms with Crippen LogP contribution in [0.5, 0.6) is 11.5 Å². The first kappa shape index (κ1) is 20.7. The normalized spacial score (nSPS) is 13.1. The standard InChI is InChI=1S/C21H27FN2O3/c1-5-19(27-16-12-10-15(22)11-13-16)21(25)23-14-18(24(2)3)17-8-6-7-9-20(17)26-4/h6-13,18-19H,5,14H2,1-4H3,(H,23,25). The molecule has 0 saturated heterocycles. The molecule has 1 amide bonds. The summed E-state index contributed by atoms with van der Waals surface area (Å²) in [5.74, 6) is 0.696. The van der Waals surface area contributed by atoms with Crippen molar-refractivity contribution in [1.29, 1.82) is 0 Å². The van der Waals surface area contributed by atoms with Gasteiger partial charge < -0.3 is 19.7 Å². The van der Waals surface area contributed by atoms with Gasteiger partial charge in [-0.2, -0.15) is 0 Å². The molecule has 146 valence electrons. The maximum Gasteiger partial charge on any atom is 0.261 e. The van der Waals surface area contributed by atoms with Gasteiger partial charge in [0.1, 0.15) is 17.3 Å². The van der Waals surface area contributed by atoms with Crippen LogP contribution in [0.25, 0.3) is 0 Å². The minimum absolute atomic E-state index is 0.0478. The predicted octanol–water partition coefficient (Wildman–Crippen LogP) is 3.41. The summed E-state index contributed by atoms with van der Waals surface area (Å²) in [5.41, 5.74) is 0.998. The molecule has 27 heavy (non-hydrogen) atoms. The number of nitrogens with one attached hydrogen (secondary N) is 1. The number of ether oxygens (including phenoxy) is 2. The maximum atomic E-state index is 13.0. The van der Waals surface area contributed by atoms with Crippen molar-refractivity contribution in [2.45, 2.75) is 25.5 Å². The second kappa shape index (κ2) is 9.92. The molecule has 0 aromatic heterocycles. The number of para-hydroxylation sites is 1. The summed E-state index contributed by atoms with van der Waals surface area (Å²) in [6, 6.07) is 13.4. The zero-order valence-corrected chi connectivity index (χ0v) is 16.2. The average Bonchev–Trinajstić information content (AvgIpc) is 2.67. The van der Waals surface area contributed by atoms with Gasteiger partial charge in [0.2, 0.25) is 0 Å². The molecule has 2 rings (SSSR count). The van der Waals surface area contributed by atoms with Crippen molar-refractivity contribution in [2.24, 2.45) is 0 Å². The highest BCUT2D eigenvalue weighted by atomic mass is 19.1. The van der Waals surface area contributed by atoms with Crippen molar-refractivity contribution in [3.63, 3.8) is 0 Å². The molecule has 2 atom stereocenters. The lowest BCUT2D eigenvalue weighted by Gasteiger charge is -2.27. The molecule has 0 bridgehead atoms. The molecule has 0 aliphatic carbocycles. The summed E-state index contributed by atoms with van der Waals surface area (Å²) in [7, 11) is 5.54. The third-order valence-electron chi connectivity index (χ3n) is 4.35. The largest absolute Gasteiger partial charge is 0.496 e. The Labute approximate surface area is 160 Å². The molecule has 2 unspecified atom stereocenters. The van der Waals surface area contributed by atoms with Crippen LogP contribution in [0.1, 0.15) is 24.9 Å². The second-order valence-corrected chi connectivity index (χ2v) is 6.44. The molecule has 6 heteroatoms. The smallest absolute Gasteiger partial charge is 0.261 e. The van der Waals surface area contributed by atoms with Gasteiger partial charge in [0.15, 0.2) is 6.10 Å². The molecular formula is C21H27FN2O3. The van der Waals surface area contributed by atoms with Crippen LogP contribution in [0, 0.1) is 5.82 Å². The predicted molar refractivity (Wildman–Crippen MR) is 104 cm³/mol. The number of hydrogen-bond donors (Lipinski definition) is 1. The van der Waals surface area contributed by atoms with Crippen molar-refractivity contribution in [2.75, 3.05) is 27.7 Å². The Morgan fingerprint density at radius 2 is 1.81 bits per heavy atom. The van der Waals surface area contributed by atoms with Gasteiger partial charge in [0.25, 0.3) is 5.91 Å². The topological polar surface area (TPSA) is 50.8 Å². The third kappa shape index (κ3) is 5.69. The molecule has 0 spiro atoms. The Morgan fingerprint density at radius 1 is 1.15 bits per heavy atom. The highest BCUT2D eigenvalue weighted by Crippen LogP contribution is 2.27. The quantitative estimate of drug-likeness (QED) is 0.731. The van der Waals surface area contributed by atoms with E-state index >= 15 is 0 Å². The van der Waals surface area contributed by atoms with Gasteiger partial charge in [0, 0.05) is 12.1 Å². The Hall–Kier alpha value is -2.60. The van der Waals surface area contributed by atoms with E-state index in [1.54, 1.807) is 7.11 Å². The first-order chi connectivity index (χ1) is 13.0. The highest BCUT2D eigenvalue weighted by Gasteiger charge is 2.23.